The van der Waals surface area contributed by atoms with Crippen LogP contribution in [0.4, 0.5) is 0 Å². The number of piperidine rings is 1. The lowest BCUT2D eigenvalue weighted by Gasteiger charge is -2.27. The molecule has 106 valence electrons. The Morgan fingerprint density at radius 3 is 2.63 bits per heavy atom. The van der Waals surface area contributed by atoms with Gasteiger partial charge in [0.25, 0.3) is 0 Å². The molecule has 19 heavy (non-hydrogen) atoms. The highest BCUT2D eigenvalue weighted by atomic mass is 15.1. The molecule has 1 aromatic heterocycles. The molecule has 1 fully saturated rings. The first-order chi connectivity index (χ1) is 9.35. The third-order valence-electron chi connectivity index (χ3n) is 4.23. The summed E-state index contributed by atoms with van der Waals surface area (Å²) in [6.07, 6.45) is 11.0. The number of hydrogen-bond acceptors (Lipinski definition) is 2. The smallest absolute Gasteiger partial charge is 0.0578 e. The molecule has 2 rings (SSSR count). The molecule has 0 atom stereocenters. The van der Waals surface area contributed by atoms with Gasteiger partial charge in [0.2, 0.25) is 0 Å². The Labute approximate surface area is 118 Å². The minimum Gasteiger partial charge on any atom is -0.298 e. The van der Waals surface area contributed by atoms with Crippen LogP contribution in [0.1, 0.15) is 62.8 Å². The molecule has 0 N–H and O–H groups in total. The van der Waals surface area contributed by atoms with Gasteiger partial charge in [-0.05, 0) is 62.4 Å². The highest BCUT2D eigenvalue weighted by Gasteiger charge is 2.14. The van der Waals surface area contributed by atoms with Gasteiger partial charge >= 0.3 is 0 Å². The van der Waals surface area contributed by atoms with Crippen molar-refractivity contribution in [1.29, 1.82) is 0 Å². The SMILES string of the molecule is CCCCc1c(CC)ccnc1CN1CCCCC1. The summed E-state index contributed by atoms with van der Waals surface area (Å²) in [5.74, 6) is 0. The van der Waals surface area contributed by atoms with E-state index in [1.54, 1.807) is 0 Å². The van der Waals surface area contributed by atoms with Crippen LogP contribution in [0.3, 0.4) is 0 Å². The molecule has 0 unspecified atom stereocenters. The second-order valence-corrected chi connectivity index (χ2v) is 5.69. The van der Waals surface area contributed by atoms with Gasteiger partial charge in [0.05, 0.1) is 5.69 Å². The molecule has 0 amide bonds. The van der Waals surface area contributed by atoms with Crippen LogP contribution in [-0.2, 0) is 19.4 Å². The van der Waals surface area contributed by atoms with Crippen molar-refractivity contribution in [2.75, 3.05) is 13.1 Å². The Morgan fingerprint density at radius 1 is 1.16 bits per heavy atom. The van der Waals surface area contributed by atoms with Gasteiger partial charge in [-0.15, -0.1) is 0 Å². The number of likely N-dealkylation sites (tertiary alicyclic amines) is 1. The van der Waals surface area contributed by atoms with E-state index in [1.807, 2.05) is 6.20 Å². The summed E-state index contributed by atoms with van der Waals surface area (Å²) < 4.78 is 0. The molecule has 1 saturated heterocycles. The second kappa shape index (κ2) is 7.64. The highest BCUT2D eigenvalue weighted by Crippen LogP contribution is 2.20. The lowest BCUT2D eigenvalue weighted by Crippen LogP contribution is -2.30. The van der Waals surface area contributed by atoms with Crippen LogP contribution in [0.25, 0.3) is 0 Å². The Bertz CT molecular complexity index is 381. The molecule has 1 aliphatic rings. The van der Waals surface area contributed by atoms with E-state index in [-0.39, 0.29) is 0 Å². The zero-order chi connectivity index (χ0) is 13.5. The van der Waals surface area contributed by atoms with Crippen molar-refractivity contribution in [2.24, 2.45) is 0 Å². The predicted molar refractivity (Wildman–Crippen MR) is 81.4 cm³/mol. The average molecular weight is 260 g/mol. The third-order valence-corrected chi connectivity index (χ3v) is 4.23. The molecule has 0 bridgehead atoms. The molecular formula is C17H28N2. The van der Waals surface area contributed by atoms with E-state index in [4.69, 9.17) is 4.98 Å². The van der Waals surface area contributed by atoms with Crippen LogP contribution in [0.5, 0.6) is 0 Å². The second-order valence-electron chi connectivity index (χ2n) is 5.69. The summed E-state index contributed by atoms with van der Waals surface area (Å²) in [7, 11) is 0. The Hall–Kier alpha value is -0.890. The molecule has 2 heterocycles. The van der Waals surface area contributed by atoms with E-state index < -0.39 is 0 Å². The third kappa shape index (κ3) is 4.04. The number of aromatic nitrogens is 1. The van der Waals surface area contributed by atoms with E-state index in [0.717, 1.165) is 13.0 Å². The molecule has 2 heteroatoms. The molecular weight excluding hydrogens is 232 g/mol. The molecule has 0 aromatic carbocycles. The minimum atomic E-state index is 1.06. The summed E-state index contributed by atoms with van der Waals surface area (Å²) in [6.45, 7) is 8.10. The van der Waals surface area contributed by atoms with Crippen molar-refractivity contribution in [2.45, 2.75) is 65.3 Å². The Balaban J connectivity index is 2.12. The number of hydrogen-bond donors (Lipinski definition) is 0. The first kappa shape index (κ1) is 14.5. The number of unbranched alkanes of at least 4 members (excludes halogenated alkanes) is 1. The number of aryl methyl sites for hydroxylation is 1. The van der Waals surface area contributed by atoms with Crippen molar-refractivity contribution in [3.63, 3.8) is 0 Å². The summed E-state index contributed by atoms with van der Waals surface area (Å²) in [5.41, 5.74) is 4.39. The van der Waals surface area contributed by atoms with Crippen molar-refractivity contribution < 1.29 is 0 Å². The Morgan fingerprint density at radius 2 is 1.95 bits per heavy atom. The fourth-order valence-electron chi connectivity index (χ4n) is 3.04. The molecule has 1 aromatic rings. The van der Waals surface area contributed by atoms with Gasteiger partial charge in [-0.2, -0.15) is 0 Å². The molecule has 0 spiro atoms. The van der Waals surface area contributed by atoms with E-state index >= 15 is 0 Å². The monoisotopic (exact) mass is 260 g/mol. The zero-order valence-electron chi connectivity index (χ0n) is 12.6. The van der Waals surface area contributed by atoms with Crippen molar-refractivity contribution >= 4 is 0 Å². The van der Waals surface area contributed by atoms with Crippen LogP contribution < -0.4 is 0 Å². The van der Waals surface area contributed by atoms with Crippen LogP contribution >= 0.6 is 0 Å². The van der Waals surface area contributed by atoms with E-state index in [9.17, 15) is 0 Å². The van der Waals surface area contributed by atoms with Crippen LogP contribution in [0.15, 0.2) is 12.3 Å². The van der Waals surface area contributed by atoms with Crippen molar-refractivity contribution in [3.8, 4) is 0 Å². The topological polar surface area (TPSA) is 16.1 Å². The molecule has 2 nitrogen and oxygen atoms in total. The van der Waals surface area contributed by atoms with E-state index in [1.165, 1.54) is 68.4 Å². The predicted octanol–water partition coefficient (Wildman–Crippen LogP) is 3.97. The quantitative estimate of drug-likeness (QED) is 0.769. The standard InChI is InChI=1S/C17H28N2/c1-3-5-9-16-15(4-2)10-11-18-17(16)14-19-12-7-6-8-13-19/h10-11H,3-9,12-14H2,1-2H3. The van der Waals surface area contributed by atoms with Gasteiger partial charge in [0.1, 0.15) is 0 Å². The first-order valence-corrected chi connectivity index (χ1v) is 8.03. The number of nitrogens with zero attached hydrogens (tertiary/aromatic N) is 2. The van der Waals surface area contributed by atoms with Gasteiger partial charge in [0, 0.05) is 12.7 Å². The minimum absolute atomic E-state index is 1.06. The van der Waals surface area contributed by atoms with Crippen LogP contribution in [-0.4, -0.2) is 23.0 Å². The zero-order valence-corrected chi connectivity index (χ0v) is 12.6. The number of rotatable bonds is 6. The fraction of sp³-hybridized carbons (Fsp3) is 0.706. The van der Waals surface area contributed by atoms with Gasteiger partial charge in [0.15, 0.2) is 0 Å². The normalized spacial score (nSPS) is 16.7. The lowest BCUT2D eigenvalue weighted by molar-refractivity contribution is 0.218. The highest BCUT2D eigenvalue weighted by molar-refractivity contribution is 5.30. The molecule has 1 aliphatic heterocycles. The van der Waals surface area contributed by atoms with E-state index in [2.05, 4.69) is 24.8 Å². The summed E-state index contributed by atoms with van der Waals surface area (Å²) in [6, 6.07) is 2.21. The summed E-state index contributed by atoms with van der Waals surface area (Å²) in [5, 5.41) is 0. The van der Waals surface area contributed by atoms with Crippen molar-refractivity contribution in [1.82, 2.24) is 9.88 Å². The van der Waals surface area contributed by atoms with Crippen LogP contribution in [0.2, 0.25) is 0 Å². The Kier molecular flexibility index (Phi) is 5.84. The average Bonchev–Trinajstić information content (AvgIpc) is 2.46. The van der Waals surface area contributed by atoms with Gasteiger partial charge < -0.3 is 0 Å². The van der Waals surface area contributed by atoms with Gasteiger partial charge in [-0.1, -0.05) is 26.7 Å². The maximum atomic E-state index is 4.69. The first-order valence-electron chi connectivity index (χ1n) is 8.03. The maximum Gasteiger partial charge on any atom is 0.0578 e. The lowest BCUT2D eigenvalue weighted by atomic mass is 9.98. The van der Waals surface area contributed by atoms with Gasteiger partial charge in [-0.3, -0.25) is 9.88 Å². The van der Waals surface area contributed by atoms with E-state index in [0.29, 0.717) is 0 Å². The fourth-order valence-corrected chi connectivity index (χ4v) is 3.04. The molecule has 0 aliphatic carbocycles. The number of pyridine rings is 1. The van der Waals surface area contributed by atoms with Gasteiger partial charge in [-0.25, -0.2) is 0 Å². The van der Waals surface area contributed by atoms with Crippen molar-refractivity contribution in [3.05, 3.63) is 29.1 Å². The maximum absolute atomic E-state index is 4.69. The summed E-state index contributed by atoms with van der Waals surface area (Å²) in [4.78, 5) is 7.28. The summed E-state index contributed by atoms with van der Waals surface area (Å²) >= 11 is 0. The molecule has 0 saturated carbocycles. The largest absolute Gasteiger partial charge is 0.298 e. The molecule has 0 radical (unpaired) electrons. The van der Waals surface area contributed by atoms with Crippen LogP contribution in [0, 0.1) is 0 Å².